The Hall–Kier alpha value is -3.15. The Morgan fingerprint density at radius 2 is 1.61 bits per heavy atom. The molecule has 3 aromatic rings. The summed E-state index contributed by atoms with van der Waals surface area (Å²) in [5.74, 6) is 0.578. The van der Waals surface area contributed by atoms with E-state index in [0.717, 1.165) is 22.6 Å². The number of rotatable bonds is 6. The summed E-state index contributed by atoms with van der Waals surface area (Å²) in [7, 11) is 0. The van der Waals surface area contributed by atoms with Crippen molar-refractivity contribution in [3.05, 3.63) is 96.1 Å². The predicted molar refractivity (Wildman–Crippen MR) is 110 cm³/mol. The van der Waals surface area contributed by atoms with Crippen molar-refractivity contribution in [3.8, 4) is 5.75 Å². The highest BCUT2D eigenvalue weighted by atomic mass is 16.5. The van der Waals surface area contributed by atoms with Crippen LogP contribution < -0.4 is 20.9 Å². The van der Waals surface area contributed by atoms with E-state index in [1.807, 2.05) is 84.9 Å². The van der Waals surface area contributed by atoms with E-state index in [2.05, 4.69) is 16.2 Å². The third kappa shape index (κ3) is 4.39. The van der Waals surface area contributed by atoms with Crippen molar-refractivity contribution in [1.29, 1.82) is 0 Å². The summed E-state index contributed by atoms with van der Waals surface area (Å²) in [5, 5.41) is 3.01. The second kappa shape index (κ2) is 8.69. The summed E-state index contributed by atoms with van der Waals surface area (Å²) in [6.45, 7) is 1.11. The molecule has 0 bridgehead atoms. The van der Waals surface area contributed by atoms with Crippen LogP contribution in [-0.4, -0.2) is 12.5 Å². The second-order valence-corrected chi connectivity index (χ2v) is 6.81. The Kier molecular flexibility index (Phi) is 5.66. The minimum atomic E-state index is -0.184. The molecule has 1 aliphatic heterocycles. The fourth-order valence-corrected chi connectivity index (χ4v) is 3.33. The van der Waals surface area contributed by atoms with Gasteiger partial charge in [0.05, 0.1) is 12.0 Å². The molecular weight excluding hydrogens is 350 g/mol. The summed E-state index contributed by atoms with van der Waals surface area (Å²) in [6, 6.07) is 27.5. The summed E-state index contributed by atoms with van der Waals surface area (Å²) in [5.41, 5.74) is 9.27. The van der Waals surface area contributed by atoms with E-state index in [1.54, 1.807) is 0 Å². The van der Waals surface area contributed by atoms with Crippen LogP contribution in [-0.2, 0) is 11.4 Å². The van der Waals surface area contributed by atoms with E-state index in [-0.39, 0.29) is 17.9 Å². The average Bonchev–Trinajstić information content (AvgIpc) is 3.25. The molecule has 0 aliphatic carbocycles. The zero-order valence-corrected chi connectivity index (χ0v) is 15.5. The molecule has 0 radical (unpaired) electrons. The fourth-order valence-electron chi connectivity index (χ4n) is 3.33. The van der Waals surface area contributed by atoms with Crippen LogP contribution in [0.15, 0.2) is 84.9 Å². The van der Waals surface area contributed by atoms with Crippen LogP contribution in [0.5, 0.6) is 5.75 Å². The van der Waals surface area contributed by atoms with Crippen molar-refractivity contribution in [2.24, 2.45) is 5.92 Å². The summed E-state index contributed by atoms with van der Waals surface area (Å²) in [4.78, 5) is 12.8. The second-order valence-electron chi connectivity index (χ2n) is 6.81. The number of anilines is 1. The number of hydrogen-bond donors (Lipinski definition) is 3. The van der Waals surface area contributed by atoms with Crippen molar-refractivity contribution in [2.75, 3.05) is 11.9 Å². The number of hydrazine groups is 1. The van der Waals surface area contributed by atoms with Crippen LogP contribution in [0.3, 0.4) is 0 Å². The molecule has 1 aliphatic rings. The first-order valence-corrected chi connectivity index (χ1v) is 9.40. The molecular formula is C23H23N3O2. The molecule has 3 aromatic carbocycles. The Morgan fingerprint density at radius 3 is 2.32 bits per heavy atom. The molecule has 4 rings (SSSR count). The van der Waals surface area contributed by atoms with Crippen molar-refractivity contribution in [1.82, 2.24) is 10.9 Å². The number of nitrogens with one attached hydrogen (secondary N) is 3. The minimum Gasteiger partial charge on any atom is -0.489 e. The lowest BCUT2D eigenvalue weighted by Gasteiger charge is -2.18. The van der Waals surface area contributed by atoms with E-state index in [0.29, 0.717) is 13.2 Å². The minimum absolute atomic E-state index is 0.00990. The summed E-state index contributed by atoms with van der Waals surface area (Å²) < 4.78 is 5.79. The fraction of sp³-hybridized carbons (Fsp3) is 0.174. The van der Waals surface area contributed by atoms with Gasteiger partial charge >= 0.3 is 0 Å². The molecule has 1 fully saturated rings. The first-order chi connectivity index (χ1) is 13.8. The van der Waals surface area contributed by atoms with Gasteiger partial charge in [0.2, 0.25) is 5.91 Å². The van der Waals surface area contributed by atoms with Gasteiger partial charge in [-0.3, -0.25) is 10.2 Å². The average molecular weight is 373 g/mol. The van der Waals surface area contributed by atoms with Gasteiger partial charge in [0.15, 0.2) is 0 Å². The van der Waals surface area contributed by atoms with Gasteiger partial charge in [-0.05, 0) is 35.4 Å². The van der Waals surface area contributed by atoms with Crippen LogP contribution >= 0.6 is 0 Å². The van der Waals surface area contributed by atoms with Crippen LogP contribution in [0.2, 0.25) is 0 Å². The molecule has 0 saturated carbocycles. The van der Waals surface area contributed by atoms with E-state index in [4.69, 9.17) is 4.74 Å². The molecule has 1 saturated heterocycles. The number of carbonyl (C=O) groups is 1. The number of hydrogen-bond acceptors (Lipinski definition) is 4. The van der Waals surface area contributed by atoms with Gasteiger partial charge in [-0.15, -0.1) is 0 Å². The molecule has 0 spiro atoms. The first kappa shape index (κ1) is 18.2. The number of ether oxygens (including phenoxy) is 1. The quantitative estimate of drug-likeness (QED) is 0.617. The molecule has 3 N–H and O–H groups in total. The van der Waals surface area contributed by atoms with Gasteiger partial charge in [-0.1, -0.05) is 60.7 Å². The number of benzene rings is 3. The predicted octanol–water partition coefficient (Wildman–Crippen LogP) is 3.67. The van der Waals surface area contributed by atoms with Crippen LogP contribution in [0.1, 0.15) is 17.2 Å². The first-order valence-electron chi connectivity index (χ1n) is 9.40. The normalized spacial score (nSPS) is 18.6. The van der Waals surface area contributed by atoms with Crippen molar-refractivity contribution < 1.29 is 9.53 Å². The monoisotopic (exact) mass is 373 g/mol. The Labute approximate surface area is 164 Å². The molecule has 0 aromatic heterocycles. The molecule has 5 nitrogen and oxygen atoms in total. The largest absolute Gasteiger partial charge is 0.489 e. The molecule has 142 valence electrons. The highest BCUT2D eigenvalue weighted by Gasteiger charge is 2.33. The third-order valence-electron chi connectivity index (χ3n) is 4.85. The third-order valence-corrected chi connectivity index (χ3v) is 4.85. The van der Waals surface area contributed by atoms with Gasteiger partial charge in [-0.25, -0.2) is 5.43 Å². The molecule has 2 atom stereocenters. The topological polar surface area (TPSA) is 62.4 Å². The van der Waals surface area contributed by atoms with Gasteiger partial charge in [0.25, 0.3) is 0 Å². The lowest BCUT2D eigenvalue weighted by Crippen LogP contribution is -2.29. The van der Waals surface area contributed by atoms with Crippen molar-refractivity contribution >= 4 is 11.6 Å². The van der Waals surface area contributed by atoms with Crippen molar-refractivity contribution in [3.63, 3.8) is 0 Å². The van der Waals surface area contributed by atoms with E-state index >= 15 is 0 Å². The molecule has 1 amide bonds. The Morgan fingerprint density at radius 1 is 0.929 bits per heavy atom. The number of amides is 1. The van der Waals surface area contributed by atoms with Gasteiger partial charge < -0.3 is 10.1 Å². The Bertz CT molecular complexity index is 898. The van der Waals surface area contributed by atoms with Gasteiger partial charge in [0, 0.05) is 12.2 Å². The van der Waals surface area contributed by atoms with Crippen LogP contribution in [0.25, 0.3) is 0 Å². The maximum atomic E-state index is 12.8. The smallest absolute Gasteiger partial charge is 0.230 e. The van der Waals surface area contributed by atoms with Crippen molar-refractivity contribution in [2.45, 2.75) is 12.6 Å². The zero-order chi connectivity index (χ0) is 19.2. The number of carbonyl (C=O) groups excluding carboxylic acids is 1. The van der Waals surface area contributed by atoms with E-state index < -0.39 is 0 Å². The highest BCUT2D eigenvalue weighted by molar-refractivity contribution is 5.93. The molecule has 28 heavy (non-hydrogen) atoms. The SMILES string of the molecule is O=C(Nc1ccc(OCc2ccccc2)cc1)C1CNNC1c1ccccc1. The highest BCUT2D eigenvalue weighted by Crippen LogP contribution is 2.26. The van der Waals surface area contributed by atoms with Gasteiger partial charge in [-0.2, -0.15) is 0 Å². The van der Waals surface area contributed by atoms with Gasteiger partial charge in [0.1, 0.15) is 12.4 Å². The van der Waals surface area contributed by atoms with Crippen LogP contribution in [0, 0.1) is 5.92 Å². The lowest BCUT2D eigenvalue weighted by atomic mass is 9.94. The molecule has 2 unspecified atom stereocenters. The molecule has 1 heterocycles. The summed E-state index contributed by atoms with van der Waals surface area (Å²) in [6.07, 6.45) is 0. The standard InChI is InChI=1S/C23H23N3O2/c27-23(21-15-24-26-22(21)18-9-5-2-6-10-18)25-19-11-13-20(14-12-19)28-16-17-7-3-1-4-8-17/h1-14,21-22,24,26H,15-16H2,(H,25,27). The Balaban J connectivity index is 1.35. The van der Waals surface area contributed by atoms with E-state index in [1.165, 1.54) is 0 Å². The molecule has 5 heteroatoms. The van der Waals surface area contributed by atoms with Crippen LogP contribution in [0.4, 0.5) is 5.69 Å². The zero-order valence-electron chi connectivity index (χ0n) is 15.5. The maximum Gasteiger partial charge on any atom is 0.230 e. The van der Waals surface area contributed by atoms with E-state index in [9.17, 15) is 4.79 Å². The maximum absolute atomic E-state index is 12.8. The summed E-state index contributed by atoms with van der Waals surface area (Å²) >= 11 is 0. The lowest BCUT2D eigenvalue weighted by molar-refractivity contribution is -0.119.